The summed E-state index contributed by atoms with van der Waals surface area (Å²) in [6.45, 7) is 6.69. The first kappa shape index (κ1) is 14.1. The molecule has 0 rings (SSSR count). The number of hydrogen-bond acceptors (Lipinski definition) is 3. The molecule has 0 saturated heterocycles. The first-order chi connectivity index (χ1) is 5.47. The lowest BCUT2D eigenvalue weighted by molar-refractivity contribution is -0.107. The van der Waals surface area contributed by atoms with Crippen LogP contribution in [0, 0.1) is 0 Å². The minimum atomic E-state index is 0.0417. The Bertz CT molecular complexity index is 97.2. The Morgan fingerprint density at radius 3 is 1.92 bits per heavy atom. The lowest BCUT2D eigenvalue weighted by Gasteiger charge is -2.14. The van der Waals surface area contributed by atoms with Crippen LogP contribution in [0.4, 0.5) is 0 Å². The summed E-state index contributed by atoms with van der Waals surface area (Å²) in [4.78, 5) is 9.51. The van der Waals surface area contributed by atoms with Gasteiger partial charge in [-0.2, -0.15) is 0 Å². The van der Waals surface area contributed by atoms with E-state index >= 15 is 0 Å². The maximum Gasteiger partial charge on any atom is 0.120 e. The van der Waals surface area contributed by atoms with E-state index in [0.29, 0.717) is 13.0 Å². The molecule has 0 aromatic carbocycles. The van der Waals surface area contributed by atoms with Crippen molar-refractivity contribution in [1.82, 2.24) is 0 Å². The van der Waals surface area contributed by atoms with E-state index in [4.69, 9.17) is 10.5 Å². The van der Waals surface area contributed by atoms with Gasteiger partial charge in [-0.05, 0) is 33.7 Å². The van der Waals surface area contributed by atoms with Crippen LogP contribution >= 0.6 is 0 Å². The van der Waals surface area contributed by atoms with Crippen molar-refractivity contribution in [3.8, 4) is 0 Å². The highest BCUT2D eigenvalue weighted by Gasteiger charge is 2.03. The Labute approximate surface area is 75.3 Å². The van der Waals surface area contributed by atoms with Crippen molar-refractivity contribution in [2.24, 2.45) is 5.73 Å². The molecular weight excluding hydrogens is 154 g/mol. The van der Waals surface area contributed by atoms with E-state index in [1.807, 2.05) is 20.8 Å². The smallest absolute Gasteiger partial charge is 0.120 e. The molecule has 0 aromatic heterocycles. The van der Waals surface area contributed by atoms with Crippen LogP contribution in [0.15, 0.2) is 0 Å². The van der Waals surface area contributed by atoms with Crippen LogP contribution in [0.3, 0.4) is 0 Å². The van der Waals surface area contributed by atoms with E-state index in [9.17, 15) is 4.79 Å². The summed E-state index contributed by atoms with van der Waals surface area (Å²) in [6.07, 6.45) is 2.31. The molecule has 74 valence electrons. The van der Waals surface area contributed by atoms with Crippen molar-refractivity contribution < 1.29 is 9.53 Å². The minimum absolute atomic E-state index is 0.0417. The van der Waals surface area contributed by atoms with E-state index in [1.54, 1.807) is 7.11 Å². The predicted octanol–water partition coefficient (Wildman–Crippen LogP) is 1.36. The van der Waals surface area contributed by atoms with Crippen molar-refractivity contribution in [2.45, 2.75) is 39.2 Å². The number of ether oxygens (including phenoxy) is 1. The van der Waals surface area contributed by atoms with Gasteiger partial charge in [0, 0.05) is 13.5 Å². The molecule has 3 nitrogen and oxygen atoms in total. The third kappa shape index (κ3) is 22.6. The number of carbonyl (C=O) groups excluding carboxylic acids is 1. The number of hydrogen-bond donors (Lipinski definition) is 1. The molecule has 12 heavy (non-hydrogen) atoms. The number of carbonyl (C=O) groups is 1. The number of aldehydes is 1. The van der Waals surface area contributed by atoms with Gasteiger partial charge in [-0.1, -0.05) is 0 Å². The summed E-state index contributed by atoms with van der Waals surface area (Å²) in [5.74, 6) is 0. The van der Waals surface area contributed by atoms with Gasteiger partial charge in [-0.15, -0.1) is 0 Å². The second-order valence-electron chi connectivity index (χ2n) is 3.41. The van der Waals surface area contributed by atoms with Crippen LogP contribution in [0.2, 0.25) is 0 Å². The number of nitrogens with two attached hydrogens (primary N) is 1. The van der Waals surface area contributed by atoms with Gasteiger partial charge in [0.25, 0.3) is 0 Å². The summed E-state index contributed by atoms with van der Waals surface area (Å²) >= 11 is 0. The summed E-state index contributed by atoms with van der Waals surface area (Å²) in [5.41, 5.74) is 5.10. The zero-order valence-electron chi connectivity index (χ0n) is 8.59. The van der Waals surface area contributed by atoms with E-state index in [0.717, 1.165) is 12.7 Å². The van der Waals surface area contributed by atoms with E-state index < -0.39 is 0 Å². The van der Waals surface area contributed by atoms with Crippen molar-refractivity contribution in [1.29, 1.82) is 0 Å². The fourth-order valence-electron chi connectivity index (χ4n) is 0.201. The predicted molar refractivity (Wildman–Crippen MR) is 51.1 cm³/mol. The van der Waals surface area contributed by atoms with E-state index in [2.05, 4.69) is 0 Å². The highest BCUT2D eigenvalue weighted by molar-refractivity contribution is 5.48. The molecule has 0 amide bonds. The van der Waals surface area contributed by atoms with Crippen LogP contribution in [0.1, 0.15) is 33.6 Å². The quantitative estimate of drug-likeness (QED) is 0.520. The van der Waals surface area contributed by atoms with Crippen LogP contribution in [-0.4, -0.2) is 25.5 Å². The summed E-state index contributed by atoms with van der Waals surface area (Å²) in [7, 11) is 1.71. The highest BCUT2D eigenvalue weighted by Crippen LogP contribution is 2.02. The van der Waals surface area contributed by atoms with Gasteiger partial charge in [0.2, 0.25) is 0 Å². The maximum atomic E-state index is 9.51. The Kier molecular flexibility index (Phi) is 10.2. The molecule has 0 aromatic rings. The van der Waals surface area contributed by atoms with Crippen LogP contribution < -0.4 is 5.73 Å². The lowest BCUT2D eigenvalue weighted by Crippen LogP contribution is -2.15. The largest absolute Gasteiger partial charge is 0.379 e. The van der Waals surface area contributed by atoms with Crippen molar-refractivity contribution in [2.75, 3.05) is 13.7 Å². The van der Waals surface area contributed by atoms with Gasteiger partial charge in [-0.25, -0.2) is 0 Å². The first-order valence-corrected chi connectivity index (χ1v) is 4.16. The van der Waals surface area contributed by atoms with Gasteiger partial charge in [0.05, 0.1) is 5.60 Å². The topological polar surface area (TPSA) is 52.3 Å². The van der Waals surface area contributed by atoms with Crippen molar-refractivity contribution in [3.63, 3.8) is 0 Å². The third-order valence-electron chi connectivity index (χ3n) is 1.14. The minimum Gasteiger partial charge on any atom is -0.379 e. The Hall–Kier alpha value is -0.410. The molecule has 0 atom stereocenters. The van der Waals surface area contributed by atoms with Crippen molar-refractivity contribution in [3.05, 3.63) is 0 Å². The Morgan fingerprint density at radius 1 is 1.42 bits per heavy atom. The van der Waals surface area contributed by atoms with Crippen molar-refractivity contribution >= 4 is 6.29 Å². The molecule has 0 aliphatic carbocycles. The normalized spacial score (nSPS) is 10.1. The van der Waals surface area contributed by atoms with Gasteiger partial charge >= 0.3 is 0 Å². The standard InChI is InChI=1S/C5H12O.C4H9NO/c1-5(2,3)6-4;5-3-1-2-4-6/h1-4H3;4H,1-3,5H2. The fraction of sp³-hybridized carbons (Fsp3) is 0.889. The summed E-state index contributed by atoms with van der Waals surface area (Å²) in [5, 5.41) is 0. The molecule has 2 N–H and O–H groups in total. The second-order valence-corrected chi connectivity index (χ2v) is 3.41. The van der Waals surface area contributed by atoms with Crippen LogP contribution in [-0.2, 0) is 9.53 Å². The molecule has 0 heterocycles. The van der Waals surface area contributed by atoms with Gasteiger partial charge in [0.1, 0.15) is 6.29 Å². The molecule has 0 aliphatic rings. The molecule has 0 unspecified atom stereocenters. The SMILES string of the molecule is COC(C)(C)C.NCCCC=O. The zero-order valence-corrected chi connectivity index (χ0v) is 8.59. The lowest BCUT2D eigenvalue weighted by atomic mass is 10.2. The summed E-state index contributed by atoms with van der Waals surface area (Å²) in [6, 6.07) is 0. The maximum absolute atomic E-state index is 9.51. The summed E-state index contributed by atoms with van der Waals surface area (Å²) < 4.78 is 4.94. The van der Waals surface area contributed by atoms with Gasteiger partial charge in [-0.3, -0.25) is 0 Å². The third-order valence-corrected chi connectivity index (χ3v) is 1.14. The zero-order chi connectivity index (χ0) is 10.0. The Balaban J connectivity index is 0. The molecule has 3 heteroatoms. The van der Waals surface area contributed by atoms with Gasteiger partial charge in [0.15, 0.2) is 0 Å². The highest BCUT2D eigenvalue weighted by atomic mass is 16.5. The number of unbranched alkanes of at least 4 members (excludes halogenated alkanes) is 1. The Morgan fingerprint density at radius 2 is 1.83 bits per heavy atom. The van der Waals surface area contributed by atoms with E-state index in [-0.39, 0.29) is 5.60 Å². The molecule has 0 radical (unpaired) electrons. The molecular formula is C9H21NO2. The average molecular weight is 175 g/mol. The number of rotatable bonds is 3. The van der Waals surface area contributed by atoms with Crippen LogP contribution in [0.5, 0.6) is 0 Å². The molecule has 0 spiro atoms. The molecule has 0 saturated carbocycles. The van der Waals surface area contributed by atoms with Crippen LogP contribution in [0.25, 0.3) is 0 Å². The number of methoxy groups -OCH3 is 1. The first-order valence-electron chi connectivity index (χ1n) is 4.16. The molecule has 0 bridgehead atoms. The fourth-order valence-corrected chi connectivity index (χ4v) is 0.201. The average Bonchev–Trinajstić information content (AvgIpc) is 2.01. The van der Waals surface area contributed by atoms with Gasteiger partial charge < -0.3 is 15.3 Å². The second kappa shape index (κ2) is 8.68. The monoisotopic (exact) mass is 175 g/mol. The molecule has 0 fully saturated rings. The van der Waals surface area contributed by atoms with E-state index in [1.165, 1.54) is 0 Å². The molecule has 0 aliphatic heterocycles.